The molecule has 2 heterocycles. The lowest BCUT2D eigenvalue weighted by Gasteiger charge is -2.33. The van der Waals surface area contributed by atoms with Gasteiger partial charge in [0.25, 0.3) is 0 Å². The number of amides is 2. The van der Waals surface area contributed by atoms with Crippen LogP contribution in [-0.4, -0.2) is 29.1 Å². The fourth-order valence-corrected chi connectivity index (χ4v) is 2.39. The molecule has 1 aromatic carbocycles. The van der Waals surface area contributed by atoms with E-state index in [1.807, 2.05) is 0 Å². The molecule has 2 aliphatic heterocycles. The fourth-order valence-electron chi connectivity index (χ4n) is 2.39. The molecule has 0 bridgehead atoms. The highest BCUT2D eigenvalue weighted by Gasteiger charge is 2.32. The molecular formula is C13H11F2N3O2. The average molecular weight is 279 g/mol. The lowest BCUT2D eigenvalue weighted by atomic mass is 10.0. The van der Waals surface area contributed by atoms with Crippen molar-refractivity contribution in [3.63, 3.8) is 0 Å². The van der Waals surface area contributed by atoms with Gasteiger partial charge >= 0.3 is 0 Å². The van der Waals surface area contributed by atoms with Gasteiger partial charge in [-0.3, -0.25) is 14.9 Å². The normalized spacial score (nSPS) is 21.7. The number of imide groups is 1. The predicted molar refractivity (Wildman–Crippen MR) is 66.2 cm³/mol. The third-order valence-corrected chi connectivity index (χ3v) is 3.43. The van der Waals surface area contributed by atoms with Crippen molar-refractivity contribution in [3.8, 4) is 0 Å². The summed E-state index contributed by atoms with van der Waals surface area (Å²) in [5.74, 6) is -2.58. The first-order valence-electron chi connectivity index (χ1n) is 6.16. The third kappa shape index (κ3) is 2.15. The molecule has 3 rings (SSSR count). The maximum Gasteiger partial charge on any atom is 0.249 e. The monoisotopic (exact) mass is 279 g/mol. The number of hydrogen-bond donors (Lipinski definition) is 1. The Hall–Kier alpha value is -2.31. The van der Waals surface area contributed by atoms with Crippen molar-refractivity contribution < 1.29 is 18.4 Å². The first kappa shape index (κ1) is 12.7. The summed E-state index contributed by atoms with van der Waals surface area (Å²) in [5.41, 5.74) is 0.864. The van der Waals surface area contributed by atoms with Gasteiger partial charge in [0.05, 0.1) is 12.0 Å². The number of fused-ring (bicyclic) bond motifs is 1. The van der Waals surface area contributed by atoms with E-state index in [9.17, 15) is 18.4 Å². The molecule has 20 heavy (non-hydrogen) atoms. The number of rotatable bonds is 1. The van der Waals surface area contributed by atoms with Crippen LogP contribution in [0.1, 0.15) is 18.4 Å². The van der Waals surface area contributed by atoms with Gasteiger partial charge in [0.2, 0.25) is 11.8 Å². The Morgan fingerprint density at radius 1 is 1.25 bits per heavy atom. The van der Waals surface area contributed by atoms with Crippen molar-refractivity contribution in [1.29, 1.82) is 0 Å². The lowest BCUT2D eigenvalue weighted by molar-refractivity contribution is -0.136. The quantitative estimate of drug-likeness (QED) is 0.787. The Labute approximate surface area is 113 Å². The second kappa shape index (κ2) is 4.66. The third-order valence-electron chi connectivity index (χ3n) is 3.43. The van der Waals surface area contributed by atoms with E-state index in [-0.39, 0.29) is 18.9 Å². The Morgan fingerprint density at radius 3 is 2.75 bits per heavy atom. The van der Waals surface area contributed by atoms with Crippen LogP contribution in [0, 0.1) is 11.6 Å². The zero-order chi connectivity index (χ0) is 14.3. The van der Waals surface area contributed by atoms with Crippen LogP contribution in [0.4, 0.5) is 14.5 Å². The van der Waals surface area contributed by atoms with Gasteiger partial charge in [-0.05, 0) is 12.5 Å². The van der Waals surface area contributed by atoms with Gasteiger partial charge in [-0.15, -0.1) is 0 Å². The fraction of sp³-hybridized carbons (Fsp3) is 0.308. The van der Waals surface area contributed by atoms with Crippen molar-refractivity contribution >= 4 is 23.8 Å². The molecule has 5 nitrogen and oxygen atoms in total. The average Bonchev–Trinajstić information content (AvgIpc) is 2.40. The van der Waals surface area contributed by atoms with E-state index in [1.165, 1.54) is 6.34 Å². The van der Waals surface area contributed by atoms with E-state index < -0.39 is 23.6 Å². The SMILES string of the molecule is O=C1CCC(N2C=Nc3cc(F)c(F)cc3C2)C(=O)N1. The molecule has 1 aromatic rings. The first-order chi connectivity index (χ1) is 9.54. The summed E-state index contributed by atoms with van der Waals surface area (Å²) in [6.45, 7) is 0.252. The van der Waals surface area contributed by atoms with Crippen LogP contribution >= 0.6 is 0 Å². The minimum atomic E-state index is -0.949. The van der Waals surface area contributed by atoms with Gasteiger partial charge in [0.1, 0.15) is 6.04 Å². The first-order valence-corrected chi connectivity index (χ1v) is 6.16. The van der Waals surface area contributed by atoms with Crippen LogP contribution in [0.25, 0.3) is 0 Å². The number of carbonyl (C=O) groups is 2. The molecule has 2 aliphatic rings. The van der Waals surface area contributed by atoms with Gasteiger partial charge in [-0.25, -0.2) is 13.8 Å². The number of nitrogens with zero attached hydrogens (tertiary/aromatic N) is 2. The summed E-state index contributed by atoms with van der Waals surface area (Å²) in [6.07, 6.45) is 2.07. The lowest BCUT2D eigenvalue weighted by Crippen LogP contribution is -2.52. The topological polar surface area (TPSA) is 61.8 Å². The van der Waals surface area contributed by atoms with E-state index in [0.717, 1.165) is 12.1 Å². The van der Waals surface area contributed by atoms with Crippen molar-refractivity contribution in [2.24, 2.45) is 4.99 Å². The highest BCUT2D eigenvalue weighted by molar-refractivity contribution is 6.01. The van der Waals surface area contributed by atoms with Crippen LogP contribution < -0.4 is 5.32 Å². The molecule has 0 aliphatic carbocycles. The number of benzene rings is 1. The van der Waals surface area contributed by atoms with Crippen molar-refractivity contribution in [2.75, 3.05) is 0 Å². The Kier molecular flexibility index (Phi) is 2.96. The smallest absolute Gasteiger partial charge is 0.249 e. The summed E-state index contributed by atoms with van der Waals surface area (Å²) in [7, 11) is 0. The van der Waals surface area contributed by atoms with E-state index in [4.69, 9.17) is 0 Å². The molecule has 1 saturated heterocycles. The number of hydrogen-bond acceptors (Lipinski definition) is 4. The standard InChI is InChI=1S/C13H11F2N3O2/c14-8-3-7-5-18(6-16-10(7)4-9(8)15)11-1-2-12(19)17-13(11)20/h3-4,6,11H,1-2,5H2,(H,17,19,20). The molecule has 0 saturated carbocycles. The van der Waals surface area contributed by atoms with E-state index >= 15 is 0 Å². The number of aliphatic imine (C=N–C) groups is 1. The molecule has 0 radical (unpaired) electrons. The van der Waals surface area contributed by atoms with Gasteiger partial charge < -0.3 is 4.90 Å². The molecule has 2 amide bonds. The molecule has 1 unspecified atom stereocenters. The van der Waals surface area contributed by atoms with Gasteiger partial charge in [-0.1, -0.05) is 0 Å². The molecule has 7 heteroatoms. The van der Waals surface area contributed by atoms with Crippen LogP contribution in [0.2, 0.25) is 0 Å². The maximum atomic E-state index is 13.2. The summed E-state index contributed by atoms with van der Waals surface area (Å²) in [5, 5.41) is 2.26. The number of nitrogens with one attached hydrogen (secondary N) is 1. The van der Waals surface area contributed by atoms with Crippen molar-refractivity contribution in [1.82, 2.24) is 10.2 Å². The molecule has 104 valence electrons. The Morgan fingerprint density at radius 2 is 2.00 bits per heavy atom. The number of carbonyl (C=O) groups excluding carboxylic acids is 2. The summed E-state index contributed by atoms with van der Waals surface area (Å²) >= 11 is 0. The van der Waals surface area contributed by atoms with E-state index in [1.54, 1.807) is 4.90 Å². The van der Waals surface area contributed by atoms with E-state index in [0.29, 0.717) is 17.7 Å². The van der Waals surface area contributed by atoms with Gasteiger partial charge in [-0.2, -0.15) is 0 Å². The molecule has 1 N–H and O–H groups in total. The van der Waals surface area contributed by atoms with Gasteiger partial charge in [0.15, 0.2) is 11.6 Å². The predicted octanol–water partition coefficient (Wildman–Crippen LogP) is 1.25. The second-order valence-corrected chi connectivity index (χ2v) is 4.78. The van der Waals surface area contributed by atoms with Crippen LogP contribution in [0.3, 0.4) is 0 Å². The minimum absolute atomic E-state index is 0.252. The highest BCUT2D eigenvalue weighted by atomic mass is 19.2. The maximum absolute atomic E-state index is 13.2. The molecule has 1 fully saturated rings. The Bertz CT molecular complexity index is 630. The Balaban J connectivity index is 1.84. The van der Waals surface area contributed by atoms with Crippen molar-refractivity contribution in [3.05, 3.63) is 29.3 Å². The van der Waals surface area contributed by atoms with Gasteiger partial charge in [0, 0.05) is 24.6 Å². The summed E-state index contributed by atoms with van der Waals surface area (Å²) in [4.78, 5) is 28.5. The number of piperidine rings is 1. The number of halogens is 2. The molecular weight excluding hydrogens is 268 g/mol. The zero-order valence-corrected chi connectivity index (χ0v) is 10.4. The summed E-state index contributed by atoms with van der Waals surface area (Å²) in [6, 6.07) is 1.60. The largest absolute Gasteiger partial charge is 0.346 e. The minimum Gasteiger partial charge on any atom is -0.346 e. The van der Waals surface area contributed by atoms with Crippen LogP contribution in [0.15, 0.2) is 17.1 Å². The van der Waals surface area contributed by atoms with Crippen LogP contribution in [-0.2, 0) is 16.1 Å². The highest BCUT2D eigenvalue weighted by Crippen LogP contribution is 2.28. The summed E-state index contributed by atoms with van der Waals surface area (Å²) < 4.78 is 26.3. The van der Waals surface area contributed by atoms with E-state index in [2.05, 4.69) is 10.3 Å². The van der Waals surface area contributed by atoms with Crippen molar-refractivity contribution in [2.45, 2.75) is 25.4 Å². The molecule has 1 atom stereocenters. The van der Waals surface area contributed by atoms with Crippen LogP contribution in [0.5, 0.6) is 0 Å². The molecule has 0 aromatic heterocycles. The zero-order valence-electron chi connectivity index (χ0n) is 10.4. The molecule has 0 spiro atoms. The second-order valence-electron chi connectivity index (χ2n) is 4.78.